The number of para-hydroxylation sites is 2. The van der Waals surface area contributed by atoms with Gasteiger partial charge in [0.1, 0.15) is 11.6 Å². The molecule has 114 valence electrons. The van der Waals surface area contributed by atoms with Gasteiger partial charge in [-0.3, -0.25) is 9.79 Å². The lowest BCUT2D eigenvalue weighted by molar-refractivity contribution is -0.115. The Bertz CT molecular complexity index is 738. The lowest BCUT2D eigenvalue weighted by Crippen LogP contribution is -2.21. The summed E-state index contributed by atoms with van der Waals surface area (Å²) >= 11 is 0. The number of benzene rings is 1. The van der Waals surface area contributed by atoms with Crippen molar-refractivity contribution in [3.05, 3.63) is 41.4 Å². The highest BCUT2D eigenvalue weighted by Crippen LogP contribution is 2.22. The summed E-state index contributed by atoms with van der Waals surface area (Å²) in [6.45, 7) is 2.22. The number of Topliss-reactive ketones (excluding diaryl/α,β-unsaturated/α-hetero) is 1. The summed E-state index contributed by atoms with van der Waals surface area (Å²) in [5, 5.41) is 9.99. The lowest BCUT2D eigenvalue weighted by atomic mass is 9.90. The smallest absolute Gasteiger partial charge is 0.168 e. The molecule has 3 rings (SSSR count). The molecule has 2 N–H and O–H groups in total. The van der Waals surface area contributed by atoms with Crippen LogP contribution in [0.15, 0.2) is 40.6 Å². The van der Waals surface area contributed by atoms with E-state index in [4.69, 9.17) is 0 Å². The van der Waals surface area contributed by atoms with Gasteiger partial charge >= 0.3 is 0 Å². The van der Waals surface area contributed by atoms with Crippen LogP contribution in [0.5, 0.6) is 0 Å². The number of allylic oxidation sites excluding steroid dienone is 2. The molecule has 1 saturated carbocycles. The summed E-state index contributed by atoms with van der Waals surface area (Å²) < 4.78 is 0. The van der Waals surface area contributed by atoms with E-state index in [2.05, 4.69) is 15.0 Å². The van der Waals surface area contributed by atoms with E-state index in [0.29, 0.717) is 30.7 Å². The molecular formula is C17H19N3O2. The summed E-state index contributed by atoms with van der Waals surface area (Å²) in [6, 6.07) is 7.81. The van der Waals surface area contributed by atoms with Gasteiger partial charge in [-0.1, -0.05) is 19.1 Å². The van der Waals surface area contributed by atoms with Crippen molar-refractivity contribution in [3.63, 3.8) is 0 Å². The third-order valence-electron chi connectivity index (χ3n) is 3.87. The molecule has 1 aliphatic carbocycles. The fourth-order valence-corrected chi connectivity index (χ4v) is 2.74. The van der Waals surface area contributed by atoms with E-state index in [9.17, 15) is 9.90 Å². The maximum atomic E-state index is 12.0. The van der Waals surface area contributed by atoms with Crippen molar-refractivity contribution in [3.8, 4) is 0 Å². The number of fused-ring (bicyclic) bond motifs is 1. The molecule has 5 nitrogen and oxygen atoms in total. The van der Waals surface area contributed by atoms with Crippen molar-refractivity contribution >= 4 is 22.5 Å². The Kier molecular flexibility index (Phi) is 4.04. The van der Waals surface area contributed by atoms with Crippen molar-refractivity contribution in [1.29, 1.82) is 0 Å². The molecule has 5 heteroatoms. The first-order valence-electron chi connectivity index (χ1n) is 7.61. The molecule has 2 aromatic rings. The van der Waals surface area contributed by atoms with E-state index in [0.717, 1.165) is 29.7 Å². The Morgan fingerprint density at radius 3 is 2.95 bits per heavy atom. The zero-order valence-electron chi connectivity index (χ0n) is 12.6. The van der Waals surface area contributed by atoms with Crippen LogP contribution < -0.4 is 0 Å². The second-order valence-corrected chi connectivity index (χ2v) is 5.42. The number of aliphatic hydroxyl groups excluding tert-OH is 1. The predicted molar refractivity (Wildman–Crippen MR) is 86.0 cm³/mol. The van der Waals surface area contributed by atoms with Crippen molar-refractivity contribution in [1.82, 2.24) is 9.97 Å². The second-order valence-electron chi connectivity index (χ2n) is 5.42. The number of hydrogen-bond acceptors (Lipinski definition) is 4. The van der Waals surface area contributed by atoms with Gasteiger partial charge < -0.3 is 10.1 Å². The zero-order valence-corrected chi connectivity index (χ0v) is 12.6. The molecule has 0 bridgehead atoms. The van der Waals surface area contributed by atoms with Gasteiger partial charge in [-0.25, -0.2) is 4.98 Å². The lowest BCUT2D eigenvalue weighted by Gasteiger charge is -2.17. The van der Waals surface area contributed by atoms with Crippen LogP contribution in [0.3, 0.4) is 0 Å². The van der Waals surface area contributed by atoms with Gasteiger partial charge in [0.25, 0.3) is 0 Å². The molecule has 1 fully saturated rings. The van der Waals surface area contributed by atoms with Crippen molar-refractivity contribution in [2.45, 2.75) is 39.2 Å². The van der Waals surface area contributed by atoms with Crippen LogP contribution in [0.4, 0.5) is 0 Å². The third kappa shape index (κ3) is 2.79. The number of nitrogens with one attached hydrogen (secondary N) is 1. The molecule has 1 heterocycles. The summed E-state index contributed by atoms with van der Waals surface area (Å²) in [5.74, 6) is 0.907. The quantitative estimate of drug-likeness (QED) is 0.672. The highest BCUT2D eigenvalue weighted by atomic mass is 16.3. The molecular weight excluding hydrogens is 278 g/mol. The van der Waals surface area contributed by atoms with E-state index in [-0.39, 0.29) is 11.5 Å². The van der Waals surface area contributed by atoms with E-state index in [1.807, 2.05) is 31.2 Å². The first-order valence-corrected chi connectivity index (χ1v) is 7.61. The van der Waals surface area contributed by atoms with E-state index in [1.165, 1.54) is 0 Å². The molecule has 1 aromatic heterocycles. The van der Waals surface area contributed by atoms with Gasteiger partial charge in [0.2, 0.25) is 0 Å². The Balaban J connectivity index is 1.88. The number of ketones is 1. The molecule has 0 atom stereocenters. The summed E-state index contributed by atoms with van der Waals surface area (Å²) in [7, 11) is 0. The van der Waals surface area contributed by atoms with E-state index in [1.54, 1.807) is 0 Å². The third-order valence-corrected chi connectivity index (χ3v) is 3.87. The average molecular weight is 297 g/mol. The number of hydrogen-bond donors (Lipinski definition) is 2. The molecule has 0 unspecified atom stereocenters. The number of nitrogens with zero attached hydrogens (tertiary/aromatic N) is 2. The molecule has 0 radical (unpaired) electrons. The summed E-state index contributed by atoms with van der Waals surface area (Å²) in [5.41, 5.74) is 3.01. The Labute approximate surface area is 128 Å². The highest BCUT2D eigenvalue weighted by molar-refractivity contribution is 6.24. The number of H-pyrrole nitrogens is 1. The molecule has 0 amide bonds. The average Bonchev–Trinajstić information content (AvgIpc) is 2.95. The molecule has 1 aliphatic rings. The number of aromatic nitrogens is 2. The molecule has 22 heavy (non-hydrogen) atoms. The predicted octanol–water partition coefficient (Wildman–Crippen LogP) is 3.48. The number of imidazole rings is 1. The monoisotopic (exact) mass is 297 g/mol. The molecule has 1 aromatic carbocycles. The number of carbonyl (C=O) groups is 1. The van der Waals surface area contributed by atoms with E-state index < -0.39 is 0 Å². The van der Waals surface area contributed by atoms with Gasteiger partial charge in [-0.05, 0) is 25.0 Å². The van der Waals surface area contributed by atoms with Crippen molar-refractivity contribution < 1.29 is 9.90 Å². The number of rotatable bonds is 3. The largest absolute Gasteiger partial charge is 0.512 e. The number of aromatic amines is 1. The van der Waals surface area contributed by atoms with Crippen molar-refractivity contribution in [2.75, 3.05) is 0 Å². The topological polar surface area (TPSA) is 78.3 Å². The van der Waals surface area contributed by atoms with Crippen LogP contribution in [0.2, 0.25) is 0 Å². The Morgan fingerprint density at radius 2 is 2.18 bits per heavy atom. The van der Waals surface area contributed by atoms with Crippen LogP contribution in [-0.4, -0.2) is 26.6 Å². The van der Waals surface area contributed by atoms with Gasteiger partial charge in [0.15, 0.2) is 5.78 Å². The first kappa shape index (κ1) is 14.5. The van der Waals surface area contributed by atoms with Gasteiger partial charge in [-0.15, -0.1) is 0 Å². The summed E-state index contributed by atoms with van der Waals surface area (Å²) in [6.07, 6.45) is 2.46. The second kappa shape index (κ2) is 6.13. The zero-order chi connectivity index (χ0) is 15.5. The van der Waals surface area contributed by atoms with E-state index >= 15 is 0 Å². The first-order chi connectivity index (χ1) is 10.7. The van der Waals surface area contributed by atoms with Crippen LogP contribution in [0, 0.1) is 0 Å². The SMILES string of the molecule is CCC(O)=C1C(=O)CCCC1=NCc1nc2ccccc2[nH]1. The number of carbonyl (C=O) groups excluding carboxylic acids is 1. The highest BCUT2D eigenvalue weighted by Gasteiger charge is 2.24. The van der Waals surface area contributed by atoms with Crippen molar-refractivity contribution in [2.24, 2.45) is 4.99 Å². The summed E-state index contributed by atoms with van der Waals surface area (Å²) in [4.78, 5) is 24.3. The molecule has 0 saturated heterocycles. The minimum absolute atomic E-state index is 0.00560. The fraction of sp³-hybridized carbons (Fsp3) is 0.353. The number of aliphatic imine (C=N–C) groups is 1. The van der Waals surface area contributed by atoms with Gasteiger partial charge in [0.05, 0.1) is 23.2 Å². The Morgan fingerprint density at radius 1 is 1.36 bits per heavy atom. The standard InChI is InChI=1S/C17H19N3O2/c1-2-14(21)17-13(8-5-9-15(17)22)18-10-16-19-11-6-3-4-7-12(11)20-16/h3-4,6-7,21H,2,5,8-10H2,1H3,(H,19,20). The van der Waals surface area contributed by atoms with Crippen LogP contribution in [-0.2, 0) is 11.3 Å². The minimum Gasteiger partial charge on any atom is -0.512 e. The van der Waals surface area contributed by atoms with Crippen LogP contribution in [0.1, 0.15) is 38.4 Å². The van der Waals surface area contributed by atoms with Crippen LogP contribution in [0.25, 0.3) is 11.0 Å². The fourth-order valence-electron chi connectivity index (χ4n) is 2.74. The normalized spacial score (nSPS) is 19.9. The number of aliphatic hydroxyl groups is 1. The maximum Gasteiger partial charge on any atom is 0.168 e. The molecule has 0 aliphatic heterocycles. The minimum atomic E-state index is -0.00560. The van der Waals surface area contributed by atoms with Crippen LogP contribution >= 0.6 is 0 Å². The van der Waals surface area contributed by atoms with Gasteiger partial charge in [-0.2, -0.15) is 0 Å². The maximum absolute atomic E-state index is 12.0. The van der Waals surface area contributed by atoms with Gasteiger partial charge in [0, 0.05) is 18.6 Å². The molecule has 0 spiro atoms. The Hall–Kier alpha value is -2.43.